The van der Waals surface area contributed by atoms with E-state index >= 15 is 0 Å². The Labute approximate surface area is 85.5 Å². The van der Waals surface area contributed by atoms with Crippen molar-refractivity contribution in [2.75, 3.05) is 0 Å². The summed E-state index contributed by atoms with van der Waals surface area (Å²) in [5.74, 6) is 0.204. The normalized spacial score (nSPS) is 11.5. The van der Waals surface area contributed by atoms with Crippen LogP contribution >= 0.6 is 0 Å². The Bertz CT molecular complexity index is 361. The average molecular weight is 188 g/mol. The van der Waals surface area contributed by atoms with Crippen molar-refractivity contribution in [2.24, 2.45) is 0 Å². The summed E-state index contributed by atoms with van der Waals surface area (Å²) in [5.41, 5.74) is 3.15. The molecule has 0 spiro atoms. The van der Waals surface area contributed by atoms with Crippen molar-refractivity contribution < 1.29 is 4.79 Å². The highest BCUT2D eigenvalue weighted by molar-refractivity contribution is 5.96. The van der Waals surface area contributed by atoms with Crippen LogP contribution in [0, 0.1) is 0 Å². The molecule has 0 saturated heterocycles. The number of carbonyl (C=O) groups is 1. The minimum absolute atomic E-state index is 0.204. The number of carbonyl (C=O) groups excluding carboxylic acids is 1. The van der Waals surface area contributed by atoms with Crippen molar-refractivity contribution in [3.05, 3.63) is 41.5 Å². The quantitative estimate of drug-likeness (QED) is 0.661. The Morgan fingerprint density at radius 2 is 2.00 bits per heavy atom. The third-order valence-corrected chi connectivity index (χ3v) is 2.39. The lowest BCUT2D eigenvalue weighted by Gasteiger charge is -2.03. The number of ketones is 1. The highest BCUT2D eigenvalue weighted by Gasteiger charge is 2.03. The molecule has 74 valence electrons. The predicted octanol–water partition coefficient (Wildman–Crippen LogP) is 3.70. The maximum atomic E-state index is 11.5. The first kappa shape index (κ1) is 10.7. The monoisotopic (exact) mass is 188 g/mol. The van der Waals surface area contributed by atoms with Crippen LogP contribution in [0.2, 0.25) is 0 Å². The van der Waals surface area contributed by atoms with Crippen LogP contribution in [0.4, 0.5) is 0 Å². The number of benzene rings is 1. The standard InChI is InChI=1S/C13H16O/c1-4-10(3)11-7-6-8-12(9-11)13(14)5-2/h4,6-9H,5H2,1-3H3/b10-4+. The van der Waals surface area contributed by atoms with Gasteiger partial charge in [0.1, 0.15) is 0 Å². The maximum absolute atomic E-state index is 11.5. The molecule has 0 amide bonds. The molecule has 0 fully saturated rings. The Kier molecular flexibility index (Phi) is 3.63. The summed E-state index contributed by atoms with van der Waals surface area (Å²) in [5, 5.41) is 0. The van der Waals surface area contributed by atoms with E-state index in [1.54, 1.807) is 0 Å². The number of rotatable bonds is 3. The van der Waals surface area contributed by atoms with Gasteiger partial charge in [-0.15, -0.1) is 0 Å². The van der Waals surface area contributed by atoms with Gasteiger partial charge >= 0.3 is 0 Å². The highest BCUT2D eigenvalue weighted by atomic mass is 16.1. The summed E-state index contributed by atoms with van der Waals surface area (Å²) in [7, 11) is 0. The first-order valence-electron chi connectivity index (χ1n) is 4.95. The van der Waals surface area contributed by atoms with Crippen molar-refractivity contribution >= 4 is 11.4 Å². The molecule has 0 bridgehead atoms. The van der Waals surface area contributed by atoms with Gasteiger partial charge in [0.15, 0.2) is 5.78 Å². The van der Waals surface area contributed by atoms with Gasteiger partial charge < -0.3 is 0 Å². The smallest absolute Gasteiger partial charge is 0.162 e. The van der Waals surface area contributed by atoms with E-state index in [1.165, 1.54) is 5.57 Å². The molecule has 1 heteroatoms. The first-order valence-corrected chi connectivity index (χ1v) is 4.95. The zero-order valence-electron chi connectivity index (χ0n) is 9.00. The molecule has 0 radical (unpaired) electrons. The molecule has 1 nitrogen and oxygen atoms in total. The molecular weight excluding hydrogens is 172 g/mol. The fourth-order valence-corrected chi connectivity index (χ4v) is 1.31. The van der Waals surface area contributed by atoms with Crippen LogP contribution in [0.1, 0.15) is 43.1 Å². The van der Waals surface area contributed by atoms with Crippen LogP contribution in [0.15, 0.2) is 30.3 Å². The van der Waals surface area contributed by atoms with Crippen LogP contribution in [0.3, 0.4) is 0 Å². The predicted molar refractivity (Wildman–Crippen MR) is 60.4 cm³/mol. The molecule has 0 aliphatic rings. The Morgan fingerprint density at radius 3 is 2.57 bits per heavy atom. The van der Waals surface area contributed by atoms with E-state index in [0.29, 0.717) is 6.42 Å². The van der Waals surface area contributed by atoms with Crippen LogP contribution in [-0.4, -0.2) is 5.78 Å². The van der Waals surface area contributed by atoms with Crippen molar-refractivity contribution in [2.45, 2.75) is 27.2 Å². The molecule has 0 saturated carbocycles. The molecule has 0 aliphatic heterocycles. The molecular formula is C13H16O. The van der Waals surface area contributed by atoms with Gasteiger partial charge in [-0.05, 0) is 31.1 Å². The van der Waals surface area contributed by atoms with Crippen LogP contribution in [0.5, 0.6) is 0 Å². The average Bonchev–Trinajstić information content (AvgIpc) is 2.27. The van der Waals surface area contributed by atoms with E-state index in [9.17, 15) is 4.79 Å². The molecule has 14 heavy (non-hydrogen) atoms. The lowest BCUT2D eigenvalue weighted by atomic mass is 10.0. The summed E-state index contributed by atoms with van der Waals surface area (Å²) in [6.45, 7) is 5.94. The number of Topliss-reactive ketones (excluding diaryl/α,β-unsaturated/α-hetero) is 1. The fraction of sp³-hybridized carbons (Fsp3) is 0.308. The number of hydrogen-bond donors (Lipinski definition) is 0. The lowest BCUT2D eigenvalue weighted by Crippen LogP contribution is -1.96. The molecule has 0 unspecified atom stereocenters. The molecule has 0 aliphatic carbocycles. The Hall–Kier alpha value is -1.37. The van der Waals surface area contributed by atoms with Gasteiger partial charge in [-0.3, -0.25) is 4.79 Å². The molecule has 1 aromatic carbocycles. The van der Waals surface area contributed by atoms with E-state index in [1.807, 2.05) is 38.1 Å². The van der Waals surface area contributed by atoms with Crippen LogP contribution in [-0.2, 0) is 0 Å². The minimum Gasteiger partial charge on any atom is -0.294 e. The SMILES string of the molecule is C/C=C(\C)c1cccc(C(=O)CC)c1. The first-order chi connectivity index (χ1) is 6.69. The largest absolute Gasteiger partial charge is 0.294 e. The second-order valence-electron chi connectivity index (χ2n) is 3.33. The molecule has 1 aromatic rings. The van der Waals surface area contributed by atoms with Crippen molar-refractivity contribution in [3.8, 4) is 0 Å². The van der Waals surface area contributed by atoms with Gasteiger partial charge in [0.05, 0.1) is 0 Å². The van der Waals surface area contributed by atoms with Gasteiger partial charge in [0.2, 0.25) is 0 Å². The van der Waals surface area contributed by atoms with Gasteiger partial charge in [0.25, 0.3) is 0 Å². The van der Waals surface area contributed by atoms with Gasteiger partial charge in [0, 0.05) is 12.0 Å². The Balaban J connectivity index is 3.07. The van der Waals surface area contributed by atoms with E-state index in [0.717, 1.165) is 11.1 Å². The summed E-state index contributed by atoms with van der Waals surface area (Å²) in [6.07, 6.45) is 2.62. The van der Waals surface area contributed by atoms with E-state index in [4.69, 9.17) is 0 Å². The van der Waals surface area contributed by atoms with E-state index < -0.39 is 0 Å². The third kappa shape index (κ3) is 2.32. The Morgan fingerprint density at radius 1 is 1.36 bits per heavy atom. The second-order valence-corrected chi connectivity index (χ2v) is 3.33. The van der Waals surface area contributed by atoms with E-state index in [-0.39, 0.29) is 5.78 Å². The zero-order chi connectivity index (χ0) is 10.6. The number of hydrogen-bond acceptors (Lipinski definition) is 1. The molecule has 0 heterocycles. The van der Waals surface area contributed by atoms with Gasteiger partial charge in [-0.2, -0.15) is 0 Å². The summed E-state index contributed by atoms with van der Waals surface area (Å²) < 4.78 is 0. The molecule has 1 rings (SSSR count). The van der Waals surface area contributed by atoms with Gasteiger partial charge in [-0.1, -0.05) is 31.2 Å². The van der Waals surface area contributed by atoms with Crippen LogP contribution in [0.25, 0.3) is 5.57 Å². The minimum atomic E-state index is 0.204. The number of allylic oxidation sites excluding steroid dienone is 2. The highest BCUT2D eigenvalue weighted by Crippen LogP contribution is 2.15. The van der Waals surface area contributed by atoms with Crippen molar-refractivity contribution in [1.82, 2.24) is 0 Å². The topological polar surface area (TPSA) is 17.1 Å². The lowest BCUT2D eigenvalue weighted by molar-refractivity contribution is 0.0988. The fourth-order valence-electron chi connectivity index (χ4n) is 1.31. The molecule has 0 aromatic heterocycles. The second kappa shape index (κ2) is 4.75. The maximum Gasteiger partial charge on any atom is 0.162 e. The summed E-state index contributed by atoms with van der Waals surface area (Å²) in [6, 6.07) is 7.80. The molecule has 0 N–H and O–H groups in total. The van der Waals surface area contributed by atoms with Crippen molar-refractivity contribution in [1.29, 1.82) is 0 Å². The summed E-state index contributed by atoms with van der Waals surface area (Å²) >= 11 is 0. The van der Waals surface area contributed by atoms with E-state index in [2.05, 4.69) is 13.0 Å². The summed E-state index contributed by atoms with van der Waals surface area (Å²) in [4.78, 5) is 11.5. The van der Waals surface area contributed by atoms with Gasteiger partial charge in [-0.25, -0.2) is 0 Å². The molecule has 0 atom stereocenters. The van der Waals surface area contributed by atoms with Crippen molar-refractivity contribution in [3.63, 3.8) is 0 Å². The third-order valence-electron chi connectivity index (χ3n) is 2.39. The zero-order valence-corrected chi connectivity index (χ0v) is 9.00. The van der Waals surface area contributed by atoms with Crippen LogP contribution < -0.4 is 0 Å².